The summed E-state index contributed by atoms with van der Waals surface area (Å²) in [5.74, 6) is 5.35. The molecule has 0 radical (unpaired) electrons. The summed E-state index contributed by atoms with van der Waals surface area (Å²) in [5.41, 5.74) is 0. The molecule has 3 atom stereocenters. The molecule has 23 heavy (non-hydrogen) atoms. The van der Waals surface area contributed by atoms with Gasteiger partial charge in [0.1, 0.15) is 0 Å². The van der Waals surface area contributed by atoms with Crippen LogP contribution in [-0.2, 0) is 0 Å². The van der Waals surface area contributed by atoms with Crippen LogP contribution in [0.3, 0.4) is 0 Å². The van der Waals surface area contributed by atoms with Gasteiger partial charge in [-0.05, 0) is 55.3 Å². The van der Waals surface area contributed by atoms with Crippen molar-refractivity contribution in [2.75, 3.05) is 0 Å². The zero-order valence-corrected chi connectivity index (χ0v) is 16.5. The van der Waals surface area contributed by atoms with Crippen LogP contribution in [0.1, 0.15) is 117 Å². The van der Waals surface area contributed by atoms with Crippen molar-refractivity contribution in [3.8, 4) is 0 Å². The van der Waals surface area contributed by atoms with Crippen molar-refractivity contribution in [1.82, 2.24) is 0 Å². The van der Waals surface area contributed by atoms with Crippen LogP contribution in [0.15, 0.2) is 0 Å². The molecule has 0 N–H and O–H groups in total. The molecule has 0 heteroatoms. The highest BCUT2D eigenvalue weighted by Crippen LogP contribution is 2.46. The second kappa shape index (κ2) is 10.8. The summed E-state index contributed by atoms with van der Waals surface area (Å²) in [5, 5.41) is 0. The van der Waals surface area contributed by atoms with Crippen molar-refractivity contribution in [2.45, 2.75) is 117 Å². The Morgan fingerprint density at radius 1 is 0.696 bits per heavy atom. The Balaban J connectivity index is 1.73. The predicted molar refractivity (Wildman–Crippen MR) is 104 cm³/mol. The zero-order chi connectivity index (χ0) is 16.5. The molecule has 0 saturated heterocycles. The monoisotopic (exact) mass is 320 g/mol. The zero-order valence-electron chi connectivity index (χ0n) is 16.5. The van der Waals surface area contributed by atoms with Crippen LogP contribution in [-0.4, -0.2) is 0 Å². The lowest BCUT2D eigenvalue weighted by Gasteiger charge is -2.42. The van der Waals surface area contributed by atoms with E-state index in [-0.39, 0.29) is 0 Å². The fourth-order valence-electron chi connectivity index (χ4n) is 5.71. The standard InChI is InChI=1S/C23H44/c1-4-6-8-9-10-20-13-15-21(16-14-20)23-17-12-19(3)18-22(23)11-7-5-2/h19-23H,4-18H2,1-3H3. The van der Waals surface area contributed by atoms with Gasteiger partial charge < -0.3 is 0 Å². The molecule has 0 aliphatic heterocycles. The van der Waals surface area contributed by atoms with Crippen LogP contribution in [0.5, 0.6) is 0 Å². The first-order valence-corrected chi connectivity index (χ1v) is 11.2. The number of hydrogen-bond donors (Lipinski definition) is 0. The van der Waals surface area contributed by atoms with Gasteiger partial charge in [-0.25, -0.2) is 0 Å². The highest BCUT2D eigenvalue weighted by atomic mass is 14.4. The minimum Gasteiger partial charge on any atom is -0.0654 e. The van der Waals surface area contributed by atoms with Crippen molar-refractivity contribution in [2.24, 2.45) is 29.6 Å². The largest absolute Gasteiger partial charge is 0.0654 e. The Labute approximate surface area is 147 Å². The first kappa shape index (κ1) is 19.3. The Morgan fingerprint density at radius 3 is 2.13 bits per heavy atom. The minimum atomic E-state index is 1.00. The van der Waals surface area contributed by atoms with Gasteiger partial charge in [0, 0.05) is 0 Å². The van der Waals surface area contributed by atoms with Gasteiger partial charge in [0.2, 0.25) is 0 Å². The summed E-state index contributed by atoms with van der Waals surface area (Å²) in [7, 11) is 0. The molecule has 0 heterocycles. The van der Waals surface area contributed by atoms with E-state index in [4.69, 9.17) is 0 Å². The van der Waals surface area contributed by atoms with Gasteiger partial charge in [-0.2, -0.15) is 0 Å². The fourth-order valence-corrected chi connectivity index (χ4v) is 5.71. The van der Waals surface area contributed by atoms with Crippen LogP contribution in [0.4, 0.5) is 0 Å². The van der Waals surface area contributed by atoms with E-state index in [0.717, 1.165) is 29.6 Å². The Hall–Kier alpha value is 0. The average molecular weight is 321 g/mol. The van der Waals surface area contributed by atoms with Crippen LogP contribution < -0.4 is 0 Å². The lowest BCUT2D eigenvalue weighted by Crippen LogP contribution is -2.32. The van der Waals surface area contributed by atoms with E-state index in [1.807, 2.05) is 0 Å². The minimum absolute atomic E-state index is 1.00. The number of hydrogen-bond acceptors (Lipinski definition) is 0. The number of unbranched alkanes of at least 4 members (excludes halogenated alkanes) is 4. The summed E-state index contributed by atoms with van der Waals surface area (Å²) in [6.45, 7) is 7.19. The normalized spacial score (nSPS) is 35.3. The topological polar surface area (TPSA) is 0 Å². The molecule has 0 nitrogen and oxygen atoms in total. The third-order valence-corrected chi connectivity index (χ3v) is 7.19. The molecule has 2 saturated carbocycles. The fraction of sp³-hybridized carbons (Fsp3) is 1.00. The summed E-state index contributed by atoms with van der Waals surface area (Å²) in [6, 6.07) is 0. The average Bonchev–Trinajstić information content (AvgIpc) is 2.58. The van der Waals surface area contributed by atoms with Crippen molar-refractivity contribution in [3.05, 3.63) is 0 Å². The lowest BCUT2D eigenvalue weighted by atomic mass is 9.63. The molecule has 0 aromatic rings. The molecule has 2 aliphatic rings. The van der Waals surface area contributed by atoms with E-state index in [2.05, 4.69) is 20.8 Å². The van der Waals surface area contributed by atoms with Crippen molar-refractivity contribution in [3.63, 3.8) is 0 Å². The Kier molecular flexibility index (Phi) is 9.06. The lowest BCUT2D eigenvalue weighted by molar-refractivity contribution is 0.0836. The molecule has 2 rings (SSSR count). The molecule has 0 bridgehead atoms. The maximum Gasteiger partial charge on any atom is -0.0357 e. The van der Waals surface area contributed by atoms with E-state index in [1.165, 1.54) is 57.8 Å². The molecular weight excluding hydrogens is 276 g/mol. The van der Waals surface area contributed by atoms with E-state index in [0.29, 0.717) is 0 Å². The molecule has 2 aliphatic carbocycles. The van der Waals surface area contributed by atoms with Crippen molar-refractivity contribution >= 4 is 0 Å². The molecule has 2 fully saturated rings. The quantitative estimate of drug-likeness (QED) is 0.377. The van der Waals surface area contributed by atoms with Gasteiger partial charge in [-0.3, -0.25) is 0 Å². The highest BCUT2D eigenvalue weighted by molar-refractivity contribution is 4.86. The summed E-state index contributed by atoms with van der Waals surface area (Å²) in [4.78, 5) is 0. The molecule has 3 unspecified atom stereocenters. The van der Waals surface area contributed by atoms with E-state index in [1.54, 1.807) is 38.5 Å². The third kappa shape index (κ3) is 6.43. The number of rotatable bonds is 9. The van der Waals surface area contributed by atoms with Crippen molar-refractivity contribution in [1.29, 1.82) is 0 Å². The van der Waals surface area contributed by atoms with Gasteiger partial charge >= 0.3 is 0 Å². The second-order valence-electron chi connectivity index (χ2n) is 9.11. The smallest absolute Gasteiger partial charge is 0.0357 e. The maximum absolute atomic E-state index is 2.50. The summed E-state index contributed by atoms with van der Waals surface area (Å²) >= 11 is 0. The highest BCUT2D eigenvalue weighted by Gasteiger charge is 2.35. The summed E-state index contributed by atoms with van der Waals surface area (Å²) < 4.78 is 0. The first-order chi connectivity index (χ1) is 11.2. The van der Waals surface area contributed by atoms with Crippen LogP contribution in [0.2, 0.25) is 0 Å². The van der Waals surface area contributed by atoms with Gasteiger partial charge in [0.05, 0.1) is 0 Å². The molecule has 0 amide bonds. The van der Waals surface area contributed by atoms with Gasteiger partial charge in [-0.1, -0.05) is 91.4 Å². The van der Waals surface area contributed by atoms with Crippen LogP contribution in [0.25, 0.3) is 0 Å². The second-order valence-corrected chi connectivity index (χ2v) is 9.11. The predicted octanol–water partition coefficient (Wildman–Crippen LogP) is 8.01. The molecule has 0 aromatic carbocycles. The molecular formula is C23H44. The first-order valence-electron chi connectivity index (χ1n) is 11.2. The van der Waals surface area contributed by atoms with E-state index < -0.39 is 0 Å². The van der Waals surface area contributed by atoms with Crippen LogP contribution >= 0.6 is 0 Å². The molecule has 0 aromatic heterocycles. The van der Waals surface area contributed by atoms with E-state index >= 15 is 0 Å². The van der Waals surface area contributed by atoms with Crippen LogP contribution in [0, 0.1) is 29.6 Å². The third-order valence-electron chi connectivity index (χ3n) is 7.19. The SMILES string of the molecule is CCCCCCC1CCC(C2CCC(C)CC2CCCC)CC1. The van der Waals surface area contributed by atoms with E-state index in [9.17, 15) is 0 Å². The molecule has 136 valence electrons. The van der Waals surface area contributed by atoms with Crippen molar-refractivity contribution < 1.29 is 0 Å². The Morgan fingerprint density at radius 2 is 1.43 bits per heavy atom. The van der Waals surface area contributed by atoms with Gasteiger partial charge in [0.15, 0.2) is 0 Å². The van der Waals surface area contributed by atoms with Gasteiger partial charge in [0.25, 0.3) is 0 Å². The molecule has 0 spiro atoms. The maximum atomic E-state index is 2.50. The Bertz CT molecular complexity index is 286. The summed E-state index contributed by atoms with van der Waals surface area (Å²) in [6.07, 6.45) is 22.6. The van der Waals surface area contributed by atoms with Gasteiger partial charge in [-0.15, -0.1) is 0 Å².